The molecule has 0 fully saturated rings. The number of rotatable bonds is 3. The van der Waals surface area contributed by atoms with Crippen LogP contribution in [-0.4, -0.2) is 12.9 Å². The summed E-state index contributed by atoms with van der Waals surface area (Å²) in [6, 6.07) is 0. The highest BCUT2D eigenvalue weighted by Gasteiger charge is 2.34. The topological polar surface area (TPSA) is 18.5 Å². The Morgan fingerprint density at radius 2 is 2.20 bits per heavy atom. The predicted octanol–water partition coefficient (Wildman–Crippen LogP) is 3.10. The largest absolute Gasteiger partial charge is 0.458 e. The zero-order valence-electron chi connectivity index (χ0n) is 9.19. The molecule has 0 aromatic rings. The van der Waals surface area contributed by atoms with Crippen LogP contribution in [0.4, 0.5) is 0 Å². The van der Waals surface area contributed by atoms with Gasteiger partial charge in [0.15, 0.2) is 0 Å². The van der Waals surface area contributed by atoms with Crippen LogP contribution in [0.2, 0.25) is 0 Å². The minimum Gasteiger partial charge on any atom is -0.458 e. The molecule has 0 saturated carbocycles. The average molecular weight is 204 g/mol. The predicted molar refractivity (Wildman–Crippen MR) is 60.2 cm³/mol. The average Bonchev–Trinajstić information content (AvgIpc) is 2.74. The molecule has 2 rings (SSSR count). The van der Waals surface area contributed by atoms with Gasteiger partial charge in [0.1, 0.15) is 5.76 Å². The minimum absolute atomic E-state index is 0.602. The number of hydrogen-bond donors (Lipinski definition) is 0. The van der Waals surface area contributed by atoms with E-state index >= 15 is 0 Å². The molecule has 0 amide bonds. The van der Waals surface area contributed by atoms with E-state index in [0.717, 1.165) is 24.2 Å². The molecule has 0 aliphatic heterocycles. The van der Waals surface area contributed by atoms with E-state index in [2.05, 4.69) is 18.2 Å². The van der Waals surface area contributed by atoms with E-state index in [1.54, 1.807) is 7.11 Å². The van der Waals surface area contributed by atoms with Crippen LogP contribution in [0.25, 0.3) is 0 Å². The Balaban J connectivity index is 2.18. The molecule has 1 unspecified atom stereocenters. The van der Waals surface area contributed by atoms with E-state index < -0.39 is 5.79 Å². The molecule has 0 bridgehead atoms. The third-order valence-electron chi connectivity index (χ3n) is 2.82. The van der Waals surface area contributed by atoms with E-state index in [0.29, 0.717) is 0 Å². The first-order chi connectivity index (χ1) is 7.27. The minimum atomic E-state index is -0.602. The molecule has 2 nitrogen and oxygen atoms in total. The van der Waals surface area contributed by atoms with Crippen molar-refractivity contribution in [3.8, 4) is 0 Å². The Labute approximate surface area is 90.6 Å². The molecule has 0 N–H and O–H groups in total. The van der Waals surface area contributed by atoms with Crippen molar-refractivity contribution < 1.29 is 9.47 Å². The van der Waals surface area contributed by atoms with Crippen molar-refractivity contribution in [3.63, 3.8) is 0 Å². The maximum Gasteiger partial charge on any atom is 0.236 e. The second-order valence-electron chi connectivity index (χ2n) is 3.79. The molecular formula is C13H16O2. The summed E-state index contributed by atoms with van der Waals surface area (Å²) in [6.07, 6.45) is 14.0. The lowest BCUT2D eigenvalue weighted by molar-refractivity contribution is -0.165. The molecule has 0 radical (unpaired) electrons. The number of ether oxygens (including phenoxy) is 2. The molecule has 0 aromatic heterocycles. The molecule has 0 aromatic carbocycles. The highest BCUT2D eigenvalue weighted by molar-refractivity contribution is 5.28. The third-order valence-corrected chi connectivity index (χ3v) is 2.82. The van der Waals surface area contributed by atoms with Crippen LogP contribution in [0.3, 0.4) is 0 Å². The van der Waals surface area contributed by atoms with Gasteiger partial charge in [0.25, 0.3) is 0 Å². The quantitative estimate of drug-likeness (QED) is 0.658. The van der Waals surface area contributed by atoms with Crippen molar-refractivity contribution in [2.24, 2.45) is 0 Å². The number of allylic oxidation sites excluding steroid dienone is 5. The SMILES string of the molecule is COC1(OC2=CCC=C2)CC=CC=C1C. The number of methoxy groups -OCH3 is 1. The van der Waals surface area contributed by atoms with Crippen molar-refractivity contribution in [2.45, 2.75) is 25.6 Å². The second-order valence-corrected chi connectivity index (χ2v) is 3.79. The fraction of sp³-hybridized carbons (Fsp3) is 0.385. The lowest BCUT2D eigenvalue weighted by Gasteiger charge is -2.34. The Kier molecular flexibility index (Phi) is 2.78. The fourth-order valence-corrected chi connectivity index (χ4v) is 1.83. The van der Waals surface area contributed by atoms with E-state index in [4.69, 9.17) is 9.47 Å². The van der Waals surface area contributed by atoms with Gasteiger partial charge >= 0.3 is 0 Å². The molecule has 80 valence electrons. The van der Waals surface area contributed by atoms with Crippen molar-refractivity contribution in [3.05, 3.63) is 47.8 Å². The maximum atomic E-state index is 5.93. The summed E-state index contributed by atoms with van der Waals surface area (Å²) in [5, 5.41) is 0. The van der Waals surface area contributed by atoms with Gasteiger partial charge in [0.2, 0.25) is 5.79 Å². The summed E-state index contributed by atoms with van der Waals surface area (Å²) in [6.45, 7) is 2.03. The molecule has 0 saturated heterocycles. The second kappa shape index (κ2) is 4.07. The molecule has 1 atom stereocenters. The van der Waals surface area contributed by atoms with E-state index in [9.17, 15) is 0 Å². The smallest absolute Gasteiger partial charge is 0.236 e. The Morgan fingerprint density at radius 1 is 1.33 bits per heavy atom. The van der Waals surface area contributed by atoms with Crippen LogP contribution in [0, 0.1) is 0 Å². The van der Waals surface area contributed by atoms with Gasteiger partial charge in [-0.25, -0.2) is 0 Å². The van der Waals surface area contributed by atoms with Crippen molar-refractivity contribution in [1.82, 2.24) is 0 Å². The molecule has 2 heteroatoms. The normalized spacial score (nSPS) is 28.9. The van der Waals surface area contributed by atoms with Crippen LogP contribution >= 0.6 is 0 Å². The maximum absolute atomic E-state index is 5.93. The van der Waals surface area contributed by atoms with Crippen LogP contribution in [0.1, 0.15) is 19.8 Å². The molecular weight excluding hydrogens is 188 g/mol. The van der Waals surface area contributed by atoms with E-state index in [-0.39, 0.29) is 0 Å². The van der Waals surface area contributed by atoms with Crippen molar-refractivity contribution in [2.75, 3.05) is 7.11 Å². The van der Waals surface area contributed by atoms with Gasteiger partial charge in [-0.2, -0.15) is 0 Å². The summed E-state index contributed by atoms with van der Waals surface area (Å²) < 4.78 is 11.5. The lowest BCUT2D eigenvalue weighted by Crippen LogP contribution is -2.36. The fourth-order valence-electron chi connectivity index (χ4n) is 1.83. The van der Waals surface area contributed by atoms with Crippen LogP contribution in [-0.2, 0) is 9.47 Å². The Morgan fingerprint density at radius 3 is 2.80 bits per heavy atom. The Hall–Kier alpha value is -1.28. The monoisotopic (exact) mass is 204 g/mol. The summed E-state index contributed by atoms with van der Waals surface area (Å²) >= 11 is 0. The van der Waals surface area contributed by atoms with Gasteiger partial charge in [-0.15, -0.1) is 0 Å². The van der Waals surface area contributed by atoms with Crippen LogP contribution < -0.4 is 0 Å². The highest BCUT2D eigenvalue weighted by atomic mass is 16.7. The van der Waals surface area contributed by atoms with Gasteiger partial charge in [0.05, 0.1) is 0 Å². The highest BCUT2D eigenvalue weighted by Crippen LogP contribution is 2.33. The van der Waals surface area contributed by atoms with E-state index in [1.165, 1.54) is 0 Å². The van der Waals surface area contributed by atoms with E-state index in [1.807, 2.05) is 25.2 Å². The third kappa shape index (κ3) is 1.90. The molecule has 15 heavy (non-hydrogen) atoms. The van der Waals surface area contributed by atoms with Gasteiger partial charge in [-0.3, -0.25) is 0 Å². The van der Waals surface area contributed by atoms with Gasteiger partial charge in [0, 0.05) is 13.5 Å². The summed E-state index contributed by atoms with van der Waals surface area (Å²) in [5.41, 5.74) is 1.11. The van der Waals surface area contributed by atoms with Gasteiger partial charge in [-0.1, -0.05) is 24.3 Å². The van der Waals surface area contributed by atoms with Crippen LogP contribution in [0.5, 0.6) is 0 Å². The summed E-state index contributed by atoms with van der Waals surface area (Å²) in [4.78, 5) is 0. The molecule has 0 heterocycles. The first kappa shape index (κ1) is 10.2. The zero-order valence-corrected chi connectivity index (χ0v) is 9.19. The van der Waals surface area contributed by atoms with Gasteiger partial charge < -0.3 is 9.47 Å². The molecule has 0 spiro atoms. The zero-order chi connectivity index (χ0) is 10.7. The van der Waals surface area contributed by atoms with Gasteiger partial charge in [-0.05, 0) is 31.1 Å². The summed E-state index contributed by atoms with van der Waals surface area (Å²) in [5.74, 6) is 0.301. The van der Waals surface area contributed by atoms with Crippen molar-refractivity contribution >= 4 is 0 Å². The first-order valence-electron chi connectivity index (χ1n) is 5.21. The summed E-state index contributed by atoms with van der Waals surface area (Å²) in [7, 11) is 1.69. The standard InChI is InChI=1S/C13H16O2/c1-11-7-5-6-10-13(11,14-2)15-12-8-3-4-9-12/h3,5-9H,4,10H2,1-2H3. The van der Waals surface area contributed by atoms with Crippen LogP contribution in [0.15, 0.2) is 47.8 Å². The molecule has 2 aliphatic carbocycles. The Bertz CT molecular complexity index is 361. The lowest BCUT2D eigenvalue weighted by atomic mass is 9.99. The van der Waals surface area contributed by atoms with Crippen molar-refractivity contribution in [1.29, 1.82) is 0 Å². The number of hydrogen-bond acceptors (Lipinski definition) is 2. The first-order valence-corrected chi connectivity index (χ1v) is 5.21. The molecule has 2 aliphatic rings.